The third-order valence-corrected chi connectivity index (χ3v) is 4.91. The zero-order valence-electron chi connectivity index (χ0n) is 13.3. The highest BCUT2D eigenvalue weighted by molar-refractivity contribution is 7.89. The molecule has 0 aliphatic carbocycles. The summed E-state index contributed by atoms with van der Waals surface area (Å²) in [5.74, 6) is -0.597. The molecule has 4 nitrogen and oxygen atoms in total. The third kappa shape index (κ3) is 5.37. The fraction of sp³-hybridized carbons (Fsp3) is 0.600. The molecule has 1 atom stereocenters. The van der Waals surface area contributed by atoms with Crippen molar-refractivity contribution in [1.82, 2.24) is 10.0 Å². The Balaban J connectivity index is 3.02. The van der Waals surface area contributed by atoms with Gasteiger partial charge < -0.3 is 5.32 Å². The van der Waals surface area contributed by atoms with Gasteiger partial charge in [-0.2, -0.15) is 0 Å². The first-order valence-electron chi connectivity index (χ1n) is 7.17. The van der Waals surface area contributed by atoms with Crippen LogP contribution in [0, 0.1) is 11.7 Å². The molecule has 0 aliphatic rings. The van der Waals surface area contributed by atoms with E-state index in [4.69, 9.17) is 0 Å². The van der Waals surface area contributed by atoms with E-state index in [1.165, 1.54) is 12.1 Å². The molecule has 0 bridgehead atoms. The van der Waals surface area contributed by atoms with Crippen LogP contribution in [0.2, 0.25) is 0 Å². The van der Waals surface area contributed by atoms with Gasteiger partial charge in [-0.1, -0.05) is 33.8 Å². The molecule has 0 aromatic heterocycles. The van der Waals surface area contributed by atoms with Gasteiger partial charge in [0.25, 0.3) is 0 Å². The first-order valence-corrected chi connectivity index (χ1v) is 8.66. The molecule has 21 heavy (non-hydrogen) atoms. The summed E-state index contributed by atoms with van der Waals surface area (Å²) in [7, 11) is -3.85. The van der Waals surface area contributed by atoms with Gasteiger partial charge >= 0.3 is 0 Å². The summed E-state index contributed by atoms with van der Waals surface area (Å²) in [4.78, 5) is -0.293. The summed E-state index contributed by atoms with van der Waals surface area (Å²) in [6, 6.07) is 4.20. The molecule has 0 heterocycles. The van der Waals surface area contributed by atoms with E-state index in [1.807, 2.05) is 27.7 Å². The number of halogens is 1. The molecule has 2 N–H and O–H groups in total. The van der Waals surface area contributed by atoms with E-state index in [0.717, 1.165) is 5.56 Å². The van der Waals surface area contributed by atoms with Crippen molar-refractivity contribution in [2.75, 3.05) is 0 Å². The van der Waals surface area contributed by atoms with Crippen LogP contribution in [0.25, 0.3) is 0 Å². The molecular formula is C15H25FN2O2S. The largest absolute Gasteiger partial charge is 0.310 e. The average Bonchev–Trinajstić information content (AvgIpc) is 2.36. The molecule has 1 unspecified atom stereocenters. The van der Waals surface area contributed by atoms with E-state index in [1.54, 1.807) is 13.0 Å². The van der Waals surface area contributed by atoms with Crippen molar-refractivity contribution in [3.8, 4) is 0 Å². The molecular weight excluding hydrogens is 291 g/mol. The lowest BCUT2D eigenvalue weighted by molar-refractivity contribution is 0.473. The maximum atomic E-state index is 13.9. The maximum Gasteiger partial charge on any atom is 0.243 e. The molecule has 1 rings (SSSR count). The van der Waals surface area contributed by atoms with Gasteiger partial charge in [0, 0.05) is 18.6 Å². The van der Waals surface area contributed by atoms with E-state index in [2.05, 4.69) is 10.0 Å². The van der Waals surface area contributed by atoms with Crippen molar-refractivity contribution in [2.24, 2.45) is 5.92 Å². The topological polar surface area (TPSA) is 58.2 Å². The number of hydrogen-bond acceptors (Lipinski definition) is 3. The van der Waals surface area contributed by atoms with E-state index in [9.17, 15) is 12.8 Å². The SMILES string of the molecule is CC(C)NCc1ccc(F)c(S(=O)(=O)NC(C)C(C)C)c1. The van der Waals surface area contributed by atoms with Crippen molar-refractivity contribution in [2.45, 2.75) is 58.1 Å². The molecule has 0 spiro atoms. The average molecular weight is 316 g/mol. The standard InChI is InChI=1S/C15H25FN2O2S/c1-10(2)12(5)18-21(19,20)15-8-13(6-7-14(15)16)9-17-11(3)4/h6-8,10-12,17-18H,9H2,1-5H3. The van der Waals surface area contributed by atoms with Gasteiger partial charge in [-0.3, -0.25) is 0 Å². The van der Waals surface area contributed by atoms with Crippen molar-refractivity contribution >= 4 is 10.0 Å². The van der Waals surface area contributed by atoms with E-state index in [-0.39, 0.29) is 22.9 Å². The molecule has 0 amide bonds. The van der Waals surface area contributed by atoms with Crippen LogP contribution >= 0.6 is 0 Å². The molecule has 6 heteroatoms. The van der Waals surface area contributed by atoms with E-state index < -0.39 is 15.8 Å². The van der Waals surface area contributed by atoms with Gasteiger partial charge in [-0.05, 0) is 30.5 Å². The summed E-state index contributed by atoms with van der Waals surface area (Å²) in [5.41, 5.74) is 0.739. The van der Waals surface area contributed by atoms with Crippen molar-refractivity contribution in [1.29, 1.82) is 0 Å². The molecule has 0 saturated carbocycles. The van der Waals surface area contributed by atoms with E-state index in [0.29, 0.717) is 6.54 Å². The minimum atomic E-state index is -3.85. The number of sulfonamides is 1. The minimum absolute atomic E-state index is 0.133. The summed E-state index contributed by atoms with van der Waals surface area (Å²) < 4.78 is 41.0. The van der Waals surface area contributed by atoms with Crippen LogP contribution in [0.4, 0.5) is 4.39 Å². The summed E-state index contributed by atoms with van der Waals surface area (Å²) in [6.45, 7) is 10.1. The Kier molecular flexibility index (Phi) is 6.31. The number of nitrogens with one attached hydrogen (secondary N) is 2. The van der Waals surface area contributed by atoms with E-state index >= 15 is 0 Å². The summed E-state index contributed by atoms with van der Waals surface area (Å²) in [6.07, 6.45) is 0. The van der Waals surface area contributed by atoms with Crippen LogP contribution in [-0.2, 0) is 16.6 Å². The number of benzene rings is 1. The fourth-order valence-corrected chi connectivity index (χ4v) is 3.15. The lowest BCUT2D eigenvalue weighted by atomic mass is 10.1. The highest BCUT2D eigenvalue weighted by atomic mass is 32.2. The molecule has 1 aromatic carbocycles. The highest BCUT2D eigenvalue weighted by Crippen LogP contribution is 2.18. The lowest BCUT2D eigenvalue weighted by Gasteiger charge is -2.18. The van der Waals surface area contributed by atoms with Crippen molar-refractivity contribution < 1.29 is 12.8 Å². The highest BCUT2D eigenvalue weighted by Gasteiger charge is 2.23. The maximum absolute atomic E-state index is 13.9. The van der Waals surface area contributed by atoms with Crippen LogP contribution in [0.3, 0.4) is 0 Å². The van der Waals surface area contributed by atoms with Crippen LogP contribution in [0.5, 0.6) is 0 Å². The first kappa shape index (κ1) is 18.1. The molecule has 0 aliphatic heterocycles. The zero-order valence-corrected chi connectivity index (χ0v) is 14.1. The Hall–Kier alpha value is -0.980. The summed E-state index contributed by atoms with van der Waals surface area (Å²) >= 11 is 0. The predicted octanol–water partition coefficient (Wildman–Crippen LogP) is 2.65. The third-order valence-electron chi connectivity index (χ3n) is 3.34. The Morgan fingerprint density at radius 2 is 1.76 bits per heavy atom. The smallest absolute Gasteiger partial charge is 0.243 e. The Bertz CT molecular complexity index is 571. The molecule has 0 radical (unpaired) electrons. The lowest BCUT2D eigenvalue weighted by Crippen LogP contribution is -2.36. The normalized spacial score (nSPS) is 13.9. The Morgan fingerprint density at radius 3 is 2.29 bits per heavy atom. The van der Waals surface area contributed by atoms with Crippen molar-refractivity contribution in [3.05, 3.63) is 29.6 Å². The molecule has 120 valence electrons. The van der Waals surface area contributed by atoms with Gasteiger partial charge in [0.1, 0.15) is 10.7 Å². The number of rotatable bonds is 7. The van der Waals surface area contributed by atoms with Crippen LogP contribution in [-0.4, -0.2) is 20.5 Å². The summed E-state index contributed by atoms with van der Waals surface area (Å²) in [5, 5.41) is 3.18. The predicted molar refractivity (Wildman–Crippen MR) is 83.0 cm³/mol. The second kappa shape index (κ2) is 7.33. The molecule has 1 aromatic rings. The fourth-order valence-electron chi connectivity index (χ4n) is 1.63. The Labute approximate surface area is 127 Å². The number of hydrogen-bond donors (Lipinski definition) is 2. The van der Waals surface area contributed by atoms with Gasteiger partial charge in [-0.25, -0.2) is 17.5 Å². The molecule has 0 fully saturated rings. The zero-order chi connectivity index (χ0) is 16.2. The van der Waals surface area contributed by atoms with Gasteiger partial charge in [0.05, 0.1) is 0 Å². The monoisotopic (exact) mass is 316 g/mol. The van der Waals surface area contributed by atoms with Crippen LogP contribution < -0.4 is 10.0 Å². The Morgan fingerprint density at radius 1 is 1.14 bits per heavy atom. The molecule has 0 saturated heterocycles. The van der Waals surface area contributed by atoms with Gasteiger partial charge in [0.2, 0.25) is 10.0 Å². The van der Waals surface area contributed by atoms with Gasteiger partial charge in [0.15, 0.2) is 0 Å². The van der Waals surface area contributed by atoms with Crippen LogP contribution in [0.15, 0.2) is 23.1 Å². The second-order valence-electron chi connectivity index (χ2n) is 5.95. The second-order valence-corrected chi connectivity index (χ2v) is 7.64. The quantitative estimate of drug-likeness (QED) is 0.813. The minimum Gasteiger partial charge on any atom is -0.310 e. The van der Waals surface area contributed by atoms with Crippen LogP contribution in [0.1, 0.15) is 40.2 Å². The van der Waals surface area contributed by atoms with Gasteiger partial charge in [-0.15, -0.1) is 0 Å². The van der Waals surface area contributed by atoms with Crippen molar-refractivity contribution in [3.63, 3.8) is 0 Å². The first-order chi connectivity index (χ1) is 9.63.